The Morgan fingerprint density at radius 2 is 2.24 bits per heavy atom. The Morgan fingerprint density at radius 1 is 1.35 bits per heavy atom. The molecule has 1 aromatic carbocycles. The topological polar surface area (TPSA) is 21.3 Å². The molecule has 1 N–H and O–H groups in total. The summed E-state index contributed by atoms with van der Waals surface area (Å²) < 4.78 is 6.59. The van der Waals surface area contributed by atoms with Gasteiger partial charge in [0, 0.05) is 24.5 Å². The predicted molar refractivity (Wildman–Crippen MR) is 74.7 cm³/mol. The third-order valence-corrected chi connectivity index (χ3v) is 3.93. The molecule has 0 spiro atoms. The van der Waals surface area contributed by atoms with Crippen LogP contribution in [0.15, 0.2) is 29.6 Å². The van der Waals surface area contributed by atoms with Crippen molar-refractivity contribution in [2.24, 2.45) is 0 Å². The first kappa shape index (κ1) is 12.6. The summed E-state index contributed by atoms with van der Waals surface area (Å²) in [6, 6.07) is 9.11. The zero-order chi connectivity index (χ0) is 12.1. The van der Waals surface area contributed by atoms with Gasteiger partial charge in [0.1, 0.15) is 0 Å². The van der Waals surface area contributed by atoms with Crippen molar-refractivity contribution in [1.82, 2.24) is 5.32 Å². The summed E-state index contributed by atoms with van der Waals surface area (Å²) in [5, 5.41) is 7.04. The minimum absolute atomic E-state index is 0.391. The minimum atomic E-state index is 0.391. The van der Waals surface area contributed by atoms with E-state index in [2.05, 4.69) is 41.9 Å². The van der Waals surface area contributed by atoms with Crippen LogP contribution in [0, 0.1) is 0 Å². The average Bonchev–Trinajstić information content (AvgIpc) is 2.82. The van der Waals surface area contributed by atoms with E-state index in [9.17, 15) is 0 Å². The number of ether oxygens (including phenoxy) is 1. The van der Waals surface area contributed by atoms with Crippen LogP contribution in [0.2, 0.25) is 0 Å². The summed E-state index contributed by atoms with van der Waals surface area (Å²) in [5.74, 6) is 0. The highest BCUT2D eigenvalue weighted by Gasteiger charge is 2.13. The molecule has 1 aromatic heterocycles. The van der Waals surface area contributed by atoms with Crippen LogP contribution < -0.4 is 5.32 Å². The van der Waals surface area contributed by atoms with Crippen molar-refractivity contribution in [3.8, 4) is 0 Å². The van der Waals surface area contributed by atoms with Gasteiger partial charge in [-0.05, 0) is 35.4 Å². The Bertz CT molecular complexity index is 466. The van der Waals surface area contributed by atoms with Crippen molar-refractivity contribution in [2.45, 2.75) is 19.4 Å². The Kier molecular flexibility index (Phi) is 4.54. The van der Waals surface area contributed by atoms with Gasteiger partial charge in [-0.15, -0.1) is 11.3 Å². The highest BCUT2D eigenvalue weighted by molar-refractivity contribution is 7.17. The summed E-state index contributed by atoms with van der Waals surface area (Å²) in [7, 11) is 1.76. The van der Waals surface area contributed by atoms with Crippen LogP contribution in [-0.4, -0.2) is 20.3 Å². The highest BCUT2D eigenvalue weighted by Crippen LogP contribution is 2.30. The average molecular weight is 249 g/mol. The first-order valence-electron chi connectivity index (χ1n) is 6.05. The first-order valence-corrected chi connectivity index (χ1v) is 6.93. The van der Waals surface area contributed by atoms with Gasteiger partial charge in [-0.1, -0.05) is 25.1 Å². The van der Waals surface area contributed by atoms with E-state index >= 15 is 0 Å². The molecule has 92 valence electrons. The Morgan fingerprint density at radius 3 is 3.00 bits per heavy atom. The molecule has 0 aliphatic rings. The van der Waals surface area contributed by atoms with Crippen LogP contribution in [0.4, 0.5) is 0 Å². The zero-order valence-corrected chi connectivity index (χ0v) is 11.2. The van der Waals surface area contributed by atoms with Crippen LogP contribution in [0.3, 0.4) is 0 Å². The lowest BCUT2D eigenvalue weighted by molar-refractivity contribution is 0.183. The van der Waals surface area contributed by atoms with Gasteiger partial charge >= 0.3 is 0 Å². The molecular formula is C14H19NOS. The maximum absolute atomic E-state index is 5.20. The second-order valence-electron chi connectivity index (χ2n) is 4.08. The van der Waals surface area contributed by atoms with Crippen LogP contribution in [0.1, 0.15) is 24.9 Å². The van der Waals surface area contributed by atoms with Crippen molar-refractivity contribution in [3.63, 3.8) is 0 Å². The van der Waals surface area contributed by atoms with Crippen molar-refractivity contribution in [1.29, 1.82) is 0 Å². The molecule has 1 unspecified atom stereocenters. The molecule has 2 aromatic rings. The van der Waals surface area contributed by atoms with Gasteiger partial charge in [0.05, 0.1) is 0 Å². The van der Waals surface area contributed by atoms with Crippen molar-refractivity contribution in [2.75, 3.05) is 20.3 Å². The molecule has 0 amide bonds. The number of hydrogen-bond acceptors (Lipinski definition) is 3. The maximum Gasteiger partial charge on any atom is 0.0480 e. The molecule has 0 aliphatic heterocycles. The SMILES string of the molecule is CCNC(CCOC)c1cccc2ccsc12. The number of thiophene rings is 1. The lowest BCUT2D eigenvalue weighted by atomic mass is 10.0. The molecule has 1 heterocycles. The first-order chi connectivity index (χ1) is 8.36. The maximum atomic E-state index is 5.20. The van der Waals surface area contributed by atoms with Gasteiger partial charge in [-0.3, -0.25) is 0 Å². The predicted octanol–water partition coefficient (Wildman–Crippen LogP) is 3.59. The molecule has 0 bridgehead atoms. The molecular weight excluding hydrogens is 230 g/mol. The molecule has 2 nitrogen and oxygen atoms in total. The Balaban J connectivity index is 2.30. The Labute approximate surface area is 107 Å². The van der Waals surface area contributed by atoms with E-state index in [1.54, 1.807) is 7.11 Å². The molecule has 17 heavy (non-hydrogen) atoms. The number of methoxy groups -OCH3 is 1. The summed E-state index contributed by atoms with van der Waals surface area (Å²) in [5.41, 5.74) is 1.40. The fraction of sp³-hybridized carbons (Fsp3) is 0.429. The van der Waals surface area contributed by atoms with Gasteiger partial charge in [0.25, 0.3) is 0 Å². The molecule has 0 saturated heterocycles. The van der Waals surface area contributed by atoms with Gasteiger partial charge in [-0.2, -0.15) is 0 Å². The third kappa shape index (κ3) is 2.86. The second-order valence-corrected chi connectivity index (χ2v) is 4.99. The lowest BCUT2D eigenvalue weighted by Gasteiger charge is -2.18. The van der Waals surface area contributed by atoms with Crippen LogP contribution in [0.25, 0.3) is 10.1 Å². The number of rotatable bonds is 6. The third-order valence-electron chi connectivity index (χ3n) is 2.95. The van der Waals surface area contributed by atoms with Gasteiger partial charge in [0.15, 0.2) is 0 Å². The molecule has 0 saturated carbocycles. The van der Waals surface area contributed by atoms with Crippen LogP contribution >= 0.6 is 11.3 Å². The molecule has 1 atom stereocenters. The second kappa shape index (κ2) is 6.15. The molecule has 2 rings (SSSR count). The summed E-state index contributed by atoms with van der Waals surface area (Å²) in [6.45, 7) is 3.92. The quantitative estimate of drug-likeness (QED) is 0.844. The largest absolute Gasteiger partial charge is 0.385 e. The highest BCUT2D eigenvalue weighted by atomic mass is 32.1. The van der Waals surface area contributed by atoms with Crippen molar-refractivity contribution in [3.05, 3.63) is 35.2 Å². The van der Waals surface area contributed by atoms with Gasteiger partial charge in [-0.25, -0.2) is 0 Å². The van der Waals surface area contributed by atoms with Crippen LogP contribution in [-0.2, 0) is 4.74 Å². The van der Waals surface area contributed by atoms with E-state index in [1.807, 2.05) is 11.3 Å². The smallest absolute Gasteiger partial charge is 0.0480 e. The number of nitrogens with one attached hydrogen (secondary N) is 1. The van der Waals surface area contributed by atoms with Crippen molar-refractivity contribution >= 4 is 21.4 Å². The van der Waals surface area contributed by atoms with Gasteiger partial charge in [0.2, 0.25) is 0 Å². The molecule has 3 heteroatoms. The van der Waals surface area contributed by atoms with E-state index in [1.165, 1.54) is 15.6 Å². The zero-order valence-electron chi connectivity index (χ0n) is 10.4. The van der Waals surface area contributed by atoms with E-state index in [0.29, 0.717) is 6.04 Å². The standard InChI is InChI=1S/C14H19NOS/c1-3-15-13(7-9-16-2)12-6-4-5-11-8-10-17-14(11)12/h4-6,8,10,13,15H,3,7,9H2,1-2H3. The van der Waals surface area contributed by atoms with Crippen LogP contribution in [0.5, 0.6) is 0 Å². The van der Waals surface area contributed by atoms with Crippen molar-refractivity contribution < 1.29 is 4.74 Å². The van der Waals surface area contributed by atoms with E-state index in [4.69, 9.17) is 4.74 Å². The summed E-state index contributed by atoms with van der Waals surface area (Å²) in [4.78, 5) is 0. The monoisotopic (exact) mass is 249 g/mol. The van der Waals surface area contributed by atoms with E-state index in [0.717, 1.165) is 19.6 Å². The normalized spacial score (nSPS) is 13.1. The fourth-order valence-electron chi connectivity index (χ4n) is 2.14. The van der Waals surface area contributed by atoms with E-state index in [-0.39, 0.29) is 0 Å². The fourth-order valence-corrected chi connectivity index (χ4v) is 3.11. The summed E-state index contributed by atoms with van der Waals surface area (Å²) in [6.07, 6.45) is 1.02. The van der Waals surface area contributed by atoms with E-state index < -0.39 is 0 Å². The number of benzene rings is 1. The number of fused-ring (bicyclic) bond motifs is 1. The number of hydrogen-bond donors (Lipinski definition) is 1. The van der Waals surface area contributed by atoms with Gasteiger partial charge < -0.3 is 10.1 Å². The minimum Gasteiger partial charge on any atom is -0.385 e. The Hall–Kier alpha value is -0.900. The molecule has 0 radical (unpaired) electrons. The molecule has 0 fully saturated rings. The summed E-state index contributed by atoms with van der Waals surface area (Å²) >= 11 is 1.82. The lowest BCUT2D eigenvalue weighted by Crippen LogP contribution is -2.22. The molecule has 0 aliphatic carbocycles.